The summed E-state index contributed by atoms with van der Waals surface area (Å²) in [5.41, 5.74) is -0.959. The number of anilines is 1. The largest absolute Gasteiger partial charge is 0.481 e. The lowest BCUT2D eigenvalue weighted by Gasteiger charge is -2.37. The third-order valence-corrected chi connectivity index (χ3v) is 3.75. The van der Waals surface area contributed by atoms with Gasteiger partial charge in [-0.05, 0) is 26.7 Å². The van der Waals surface area contributed by atoms with Gasteiger partial charge in [-0.3, -0.25) is 9.59 Å². The summed E-state index contributed by atoms with van der Waals surface area (Å²) >= 11 is 0. The summed E-state index contributed by atoms with van der Waals surface area (Å²) in [5, 5.41) is 9.30. The number of aliphatic carboxylic acids is 1. The van der Waals surface area contributed by atoms with E-state index in [9.17, 15) is 14.7 Å². The van der Waals surface area contributed by atoms with Crippen LogP contribution in [0.3, 0.4) is 0 Å². The highest BCUT2D eigenvalue weighted by Gasteiger charge is 2.38. The summed E-state index contributed by atoms with van der Waals surface area (Å²) in [4.78, 5) is 29.5. The first-order valence-corrected chi connectivity index (χ1v) is 6.52. The number of carboxylic acid groups (broad SMARTS) is 1. The van der Waals surface area contributed by atoms with Crippen LogP contribution in [0.15, 0.2) is 17.2 Å². The number of rotatable bonds is 3. The molecule has 1 aliphatic heterocycles. The van der Waals surface area contributed by atoms with Crippen LogP contribution in [0.2, 0.25) is 0 Å². The molecule has 0 spiro atoms. The van der Waals surface area contributed by atoms with E-state index < -0.39 is 11.4 Å². The van der Waals surface area contributed by atoms with Crippen LogP contribution < -0.4 is 10.5 Å². The van der Waals surface area contributed by atoms with Crippen LogP contribution >= 0.6 is 0 Å². The Bertz CT molecular complexity index is 540. The molecule has 1 fully saturated rings. The van der Waals surface area contributed by atoms with E-state index in [1.54, 1.807) is 28.8 Å². The highest BCUT2D eigenvalue weighted by atomic mass is 16.4. The van der Waals surface area contributed by atoms with E-state index in [-0.39, 0.29) is 5.56 Å². The van der Waals surface area contributed by atoms with Crippen molar-refractivity contribution in [2.75, 3.05) is 18.0 Å². The third-order valence-electron chi connectivity index (χ3n) is 3.75. The van der Waals surface area contributed by atoms with Crippen molar-refractivity contribution in [3.05, 3.63) is 22.7 Å². The Hall–Kier alpha value is -1.85. The van der Waals surface area contributed by atoms with Crippen molar-refractivity contribution in [1.82, 2.24) is 9.55 Å². The molecule has 0 aliphatic carbocycles. The van der Waals surface area contributed by atoms with Crippen LogP contribution in [0.4, 0.5) is 5.82 Å². The lowest BCUT2D eigenvalue weighted by molar-refractivity contribution is -0.148. The molecular weight excluding hydrogens is 246 g/mol. The van der Waals surface area contributed by atoms with Gasteiger partial charge in [-0.2, -0.15) is 0 Å². The van der Waals surface area contributed by atoms with Crippen molar-refractivity contribution in [2.24, 2.45) is 5.41 Å². The lowest BCUT2D eigenvalue weighted by atomic mass is 9.82. The maximum absolute atomic E-state index is 12.2. The normalized spacial score (nSPS) is 23.4. The monoisotopic (exact) mass is 265 g/mol. The summed E-state index contributed by atoms with van der Waals surface area (Å²) in [6.07, 6.45) is 4.62. The first-order valence-electron chi connectivity index (χ1n) is 6.52. The summed E-state index contributed by atoms with van der Waals surface area (Å²) in [6.45, 7) is 5.21. The molecule has 1 saturated heterocycles. The summed E-state index contributed by atoms with van der Waals surface area (Å²) < 4.78 is 1.58. The van der Waals surface area contributed by atoms with Crippen LogP contribution in [-0.2, 0) is 11.3 Å². The van der Waals surface area contributed by atoms with E-state index in [4.69, 9.17) is 0 Å². The Kier molecular flexibility index (Phi) is 3.59. The number of nitrogens with zero attached hydrogens (tertiary/aromatic N) is 3. The van der Waals surface area contributed by atoms with E-state index in [0.29, 0.717) is 31.9 Å². The highest BCUT2D eigenvalue weighted by Crippen LogP contribution is 2.30. The second kappa shape index (κ2) is 5.03. The van der Waals surface area contributed by atoms with Gasteiger partial charge in [0.25, 0.3) is 5.56 Å². The first kappa shape index (κ1) is 13.6. The summed E-state index contributed by atoms with van der Waals surface area (Å²) in [6, 6.07) is 0. The molecule has 1 unspecified atom stereocenters. The van der Waals surface area contributed by atoms with Gasteiger partial charge in [0.15, 0.2) is 5.82 Å². The fraction of sp³-hybridized carbons (Fsp3) is 0.615. The maximum atomic E-state index is 12.2. The molecule has 0 saturated carbocycles. The smallest absolute Gasteiger partial charge is 0.311 e. The van der Waals surface area contributed by atoms with Crippen LogP contribution in [0.25, 0.3) is 0 Å². The first-order chi connectivity index (χ1) is 8.98. The van der Waals surface area contributed by atoms with Gasteiger partial charge >= 0.3 is 5.97 Å². The zero-order chi connectivity index (χ0) is 14.0. The number of hydrogen-bond acceptors (Lipinski definition) is 4. The van der Waals surface area contributed by atoms with Crippen LogP contribution in [0, 0.1) is 5.41 Å². The molecule has 2 heterocycles. The molecule has 0 radical (unpaired) electrons. The fourth-order valence-electron chi connectivity index (χ4n) is 2.50. The SMILES string of the molecule is CCn1ccnc(N2CCCC(C)(C(=O)O)C2)c1=O. The molecule has 0 aromatic carbocycles. The zero-order valence-electron chi connectivity index (χ0n) is 11.3. The van der Waals surface area contributed by atoms with Crippen molar-refractivity contribution < 1.29 is 9.90 Å². The predicted molar refractivity (Wildman–Crippen MR) is 71.4 cm³/mol. The van der Waals surface area contributed by atoms with Gasteiger partial charge < -0.3 is 14.6 Å². The molecule has 1 atom stereocenters. The topological polar surface area (TPSA) is 75.4 Å². The molecule has 0 bridgehead atoms. The second-order valence-electron chi connectivity index (χ2n) is 5.23. The molecule has 1 aliphatic rings. The quantitative estimate of drug-likeness (QED) is 0.880. The van der Waals surface area contributed by atoms with Gasteiger partial charge in [-0.25, -0.2) is 4.98 Å². The third kappa shape index (κ3) is 2.47. The maximum Gasteiger partial charge on any atom is 0.311 e. The molecular formula is C13H19N3O3. The van der Waals surface area contributed by atoms with Crippen molar-refractivity contribution in [3.8, 4) is 0 Å². The molecule has 104 valence electrons. The van der Waals surface area contributed by atoms with E-state index in [1.165, 1.54) is 0 Å². The van der Waals surface area contributed by atoms with Gasteiger partial charge in [-0.15, -0.1) is 0 Å². The Morgan fingerprint density at radius 2 is 2.32 bits per heavy atom. The molecule has 6 heteroatoms. The van der Waals surface area contributed by atoms with Crippen LogP contribution in [0.1, 0.15) is 26.7 Å². The van der Waals surface area contributed by atoms with E-state index in [2.05, 4.69) is 4.98 Å². The average molecular weight is 265 g/mol. The van der Waals surface area contributed by atoms with E-state index >= 15 is 0 Å². The molecule has 6 nitrogen and oxygen atoms in total. The van der Waals surface area contributed by atoms with E-state index in [0.717, 1.165) is 6.42 Å². The molecule has 1 aromatic heterocycles. The van der Waals surface area contributed by atoms with Crippen molar-refractivity contribution in [2.45, 2.75) is 33.2 Å². The number of carboxylic acids is 1. The van der Waals surface area contributed by atoms with Gasteiger partial charge in [-0.1, -0.05) is 0 Å². The van der Waals surface area contributed by atoms with Gasteiger partial charge in [0.05, 0.1) is 5.41 Å². The minimum absolute atomic E-state index is 0.153. The Morgan fingerprint density at radius 1 is 1.58 bits per heavy atom. The number of carbonyl (C=O) groups is 1. The van der Waals surface area contributed by atoms with Gasteiger partial charge in [0.2, 0.25) is 0 Å². The lowest BCUT2D eigenvalue weighted by Crippen LogP contribution is -2.48. The fourth-order valence-corrected chi connectivity index (χ4v) is 2.50. The number of aromatic nitrogens is 2. The molecule has 2 rings (SSSR count). The van der Waals surface area contributed by atoms with Crippen molar-refractivity contribution in [3.63, 3.8) is 0 Å². The minimum atomic E-state index is -0.816. The number of hydrogen-bond donors (Lipinski definition) is 1. The highest BCUT2D eigenvalue weighted by molar-refractivity contribution is 5.75. The molecule has 1 aromatic rings. The molecule has 0 amide bonds. The summed E-state index contributed by atoms with van der Waals surface area (Å²) in [7, 11) is 0. The van der Waals surface area contributed by atoms with Crippen LogP contribution in [-0.4, -0.2) is 33.7 Å². The Morgan fingerprint density at radius 3 is 2.95 bits per heavy atom. The van der Waals surface area contributed by atoms with Crippen molar-refractivity contribution >= 4 is 11.8 Å². The van der Waals surface area contributed by atoms with Crippen molar-refractivity contribution in [1.29, 1.82) is 0 Å². The van der Waals surface area contributed by atoms with Gasteiger partial charge in [0.1, 0.15) is 0 Å². The average Bonchev–Trinajstić information content (AvgIpc) is 2.39. The Balaban J connectivity index is 2.32. The second-order valence-corrected chi connectivity index (χ2v) is 5.23. The molecule has 19 heavy (non-hydrogen) atoms. The van der Waals surface area contributed by atoms with E-state index in [1.807, 2.05) is 6.92 Å². The van der Waals surface area contributed by atoms with Crippen LogP contribution in [0.5, 0.6) is 0 Å². The molecule has 1 N–H and O–H groups in total. The Labute approximate surface area is 111 Å². The van der Waals surface area contributed by atoms with Gasteiger partial charge in [0, 0.05) is 32.0 Å². The standard InChI is InChI=1S/C13H19N3O3/c1-3-15-8-6-14-10(11(15)17)16-7-4-5-13(2,9-16)12(18)19/h6,8H,3-5,7,9H2,1-2H3,(H,18,19). The number of piperidine rings is 1. The zero-order valence-corrected chi connectivity index (χ0v) is 11.3. The minimum Gasteiger partial charge on any atom is -0.481 e. The number of aryl methyl sites for hydroxylation is 1. The summed E-state index contributed by atoms with van der Waals surface area (Å²) in [5.74, 6) is -0.458. The predicted octanol–water partition coefficient (Wildman–Crippen LogP) is 0.954.